The maximum absolute atomic E-state index is 9.67. The first-order chi connectivity index (χ1) is 21.4. The summed E-state index contributed by atoms with van der Waals surface area (Å²) in [7, 11) is -0.417. The first kappa shape index (κ1) is 39.0. The number of nitrogens with zero attached hydrogens (tertiary/aromatic N) is 4. The topological polar surface area (TPSA) is 103 Å². The Kier molecular flexibility index (Phi) is 17.0. The van der Waals surface area contributed by atoms with Crippen LogP contribution in [0.4, 0.5) is 0 Å². The number of phenolic OH excluding ortho intramolecular Hbond substituents is 1. The summed E-state index contributed by atoms with van der Waals surface area (Å²) in [6, 6.07) is 38.3. The van der Waals surface area contributed by atoms with Gasteiger partial charge >= 0.3 is 17.1 Å². The van der Waals surface area contributed by atoms with Crippen LogP contribution >= 0.6 is 7.26 Å². The molecule has 4 aromatic carbocycles. The molecule has 8 nitrogen and oxygen atoms in total. The fraction of sp³-hybridized carbons (Fsp3) is 0.152. The Hall–Kier alpha value is -3.21. The first-order valence-corrected chi connectivity index (χ1v) is 16.7. The SMILES string of the molecule is CNC([S-])=NN=C(C(C)=NN=C([S-])NCCOC[P+](c1ccccc1)(c1ccccc1)c1ccccc1)c1ccc(O)cc1.[Br-].[Cu+2]. The summed E-state index contributed by atoms with van der Waals surface area (Å²) in [5.41, 5.74) is 1.61. The van der Waals surface area contributed by atoms with Crippen molar-refractivity contribution >= 4 is 70.2 Å². The van der Waals surface area contributed by atoms with E-state index in [0.29, 0.717) is 36.5 Å². The second-order valence-electron chi connectivity index (χ2n) is 9.52. The van der Waals surface area contributed by atoms with Crippen LogP contribution in [0.3, 0.4) is 0 Å². The van der Waals surface area contributed by atoms with Crippen molar-refractivity contribution in [2.75, 3.05) is 26.5 Å². The van der Waals surface area contributed by atoms with Crippen molar-refractivity contribution < 1.29 is 43.9 Å². The molecule has 0 aliphatic carbocycles. The molecule has 1 radical (unpaired) electrons. The summed E-state index contributed by atoms with van der Waals surface area (Å²) in [4.78, 5) is 0. The number of aromatic hydroxyl groups is 1. The van der Waals surface area contributed by atoms with E-state index in [0.717, 1.165) is 0 Å². The van der Waals surface area contributed by atoms with Crippen LogP contribution in [0.15, 0.2) is 136 Å². The molecule has 0 atom stereocenters. The Bertz CT molecular complexity index is 1520. The second kappa shape index (κ2) is 20.1. The molecule has 0 saturated carbocycles. The molecule has 243 valence electrons. The van der Waals surface area contributed by atoms with E-state index in [2.05, 4.69) is 104 Å². The van der Waals surface area contributed by atoms with E-state index < -0.39 is 7.26 Å². The van der Waals surface area contributed by atoms with Crippen molar-refractivity contribution in [3.8, 4) is 5.75 Å². The smallest absolute Gasteiger partial charge is 1.00 e. The van der Waals surface area contributed by atoms with Gasteiger partial charge in [0.15, 0.2) is 6.35 Å². The van der Waals surface area contributed by atoms with Crippen molar-refractivity contribution in [2.24, 2.45) is 20.4 Å². The fourth-order valence-electron chi connectivity index (χ4n) is 4.46. The van der Waals surface area contributed by atoms with Gasteiger partial charge in [-0.25, -0.2) is 0 Å². The summed E-state index contributed by atoms with van der Waals surface area (Å²) < 4.78 is 6.39. The molecule has 0 saturated heterocycles. The third-order valence-corrected chi connectivity index (χ3v) is 11.2. The molecule has 4 rings (SSSR count). The summed E-state index contributed by atoms with van der Waals surface area (Å²) in [6.07, 6.45) is 0.540. The molecule has 4 aromatic rings. The van der Waals surface area contributed by atoms with Gasteiger partial charge in [-0.15, -0.1) is 5.10 Å². The second-order valence-corrected chi connectivity index (χ2v) is 13.7. The number of amidine groups is 2. The fourth-order valence-corrected chi connectivity index (χ4v) is 8.43. The molecule has 0 aliphatic rings. The van der Waals surface area contributed by atoms with E-state index in [1.54, 1.807) is 38.2 Å². The average molecular weight is 785 g/mol. The monoisotopic (exact) mass is 783 g/mol. The van der Waals surface area contributed by atoms with Gasteiger partial charge < -0.3 is 62.7 Å². The van der Waals surface area contributed by atoms with Gasteiger partial charge in [-0.2, -0.15) is 15.3 Å². The van der Waals surface area contributed by atoms with Crippen LogP contribution in [0.2, 0.25) is 0 Å². The quantitative estimate of drug-likeness (QED) is 0.0378. The van der Waals surface area contributed by atoms with E-state index >= 15 is 0 Å². The molecule has 0 unspecified atom stereocenters. The molecule has 0 spiro atoms. The molecule has 0 fully saturated rings. The number of phenols is 1. The standard InChI is InChI=1S/C33H35N6O2PS2.BrH.Cu/c1-25(31(37-38-32(43)34-2)26-18-20-27(40)21-19-26)36-39-33(44)35-22-23-41-24-42(28-12-6-3-7-13-28,29-14-8-4-9-15-29)30-16-10-5-11-17-30;;/h3-21H,22-24H2,1-2H3,(H4-,34,35,36,37,38,39,40,43,44);1H;/q;;+2/p-2. The van der Waals surface area contributed by atoms with Gasteiger partial charge in [-0.05, 0) is 77.9 Å². The van der Waals surface area contributed by atoms with Crippen molar-refractivity contribution in [3.63, 3.8) is 0 Å². The predicted octanol–water partition coefficient (Wildman–Crippen LogP) is 1.06. The van der Waals surface area contributed by atoms with E-state index in [-0.39, 0.29) is 50.1 Å². The van der Waals surface area contributed by atoms with Crippen molar-refractivity contribution in [3.05, 3.63) is 121 Å². The van der Waals surface area contributed by atoms with E-state index in [1.807, 2.05) is 18.2 Å². The number of ether oxygens (including phenoxy) is 1. The molecule has 46 heavy (non-hydrogen) atoms. The van der Waals surface area contributed by atoms with Crippen LogP contribution in [0.25, 0.3) is 0 Å². The molecular weight excluding hydrogens is 751 g/mol. The average Bonchev–Trinajstić information content (AvgIpc) is 3.07. The molecule has 0 heterocycles. The Morgan fingerprint density at radius 2 is 1.20 bits per heavy atom. The Balaban J connectivity index is 0.00000368. The Labute approximate surface area is 303 Å². The minimum atomic E-state index is -2.08. The summed E-state index contributed by atoms with van der Waals surface area (Å²) in [5.74, 6) is 0.137. The van der Waals surface area contributed by atoms with Crippen LogP contribution in [0.5, 0.6) is 5.75 Å². The Morgan fingerprint density at radius 1 is 0.717 bits per heavy atom. The minimum absolute atomic E-state index is 0. The van der Waals surface area contributed by atoms with Crippen molar-refractivity contribution in [1.29, 1.82) is 0 Å². The molecule has 0 aromatic heterocycles. The van der Waals surface area contributed by atoms with Gasteiger partial charge in [-0.3, -0.25) is 0 Å². The van der Waals surface area contributed by atoms with Crippen LogP contribution in [0.1, 0.15) is 12.5 Å². The van der Waals surface area contributed by atoms with Gasteiger partial charge in [0, 0.05) is 19.2 Å². The molecule has 0 aliphatic heterocycles. The van der Waals surface area contributed by atoms with Crippen LogP contribution < -0.4 is 43.5 Å². The summed E-state index contributed by atoms with van der Waals surface area (Å²) >= 11 is 10.5. The molecule has 0 bridgehead atoms. The normalized spacial score (nSPS) is 12.5. The molecule has 3 N–H and O–H groups in total. The maximum Gasteiger partial charge on any atom is 2.00 e. The number of halogens is 1. The summed E-state index contributed by atoms with van der Waals surface area (Å²) in [6.45, 7) is 2.63. The van der Waals surface area contributed by atoms with Gasteiger partial charge in [0.05, 0.1) is 12.3 Å². The number of rotatable bonds is 12. The first-order valence-electron chi connectivity index (χ1n) is 13.9. The van der Waals surface area contributed by atoms with E-state index in [4.69, 9.17) is 30.0 Å². The van der Waals surface area contributed by atoms with E-state index in [1.165, 1.54) is 15.9 Å². The molecule has 0 amide bonds. The molecular formula is C33H34BrCuN6O2PS2. The molecule has 13 heteroatoms. The largest absolute Gasteiger partial charge is 2.00 e. The number of hydrogen-bond donors (Lipinski definition) is 3. The zero-order chi connectivity index (χ0) is 31.2. The van der Waals surface area contributed by atoms with Crippen LogP contribution in [-0.2, 0) is 47.1 Å². The number of hydrogen-bond acceptors (Lipinski definition) is 8. The van der Waals surface area contributed by atoms with E-state index in [9.17, 15) is 5.11 Å². The van der Waals surface area contributed by atoms with Crippen LogP contribution in [0, 0.1) is 0 Å². The minimum Gasteiger partial charge on any atom is -1.00 e. The third kappa shape index (κ3) is 10.7. The maximum atomic E-state index is 9.67. The Morgan fingerprint density at radius 3 is 1.67 bits per heavy atom. The van der Waals surface area contributed by atoms with Gasteiger partial charge in [0.25, 0.3) is 0 Å². The number of benzene rings is 4. The predicted molar refractivity (Wildman–Crippen MR) is 190 cm³/mol. The summed E-state index contributed by atoms with van der Waals surface area (Å²) in [5, 5.41) is 36.4. The van der Waals surface area contributed by atoms with Gasteiger partial charge in [0.2, 0.25) is 0 Å². The number of nitrogens with one attached hydrogen (secondary N) is 2. The third-order valence-electron chi connectivity index (χ3n) is 6.63. The van der Waals surface area contributed by atoms with Crippen molar-refractivity contribution in [2.45, 2.75) is 6.92 Å². The van der Waals surface area contributed by atoms with Crippen LogP contribution in [-0.4, -0.2) is 53.4 Å². The van der Waals surface area contributed by atoms with Gasteiger partial charge in [-0.1, -0.05) is 54.6 Å². The zero-order valence-electron chi connectivity index (χ0n) is 25.2. The van der Waals surface area contributed by atoms with Crippen molar-refractivity contribution in [1.82, 2.24) is 10.6 Å². The zero-order valence-corrected chi connectivity index (χ0v) is 30.2. The van der Waals surface area contributed by atoms with Gasteiger partial charge in [0.1, 0.15) is 34.6 Å².